The number of hydrogen-bond acceptors (Lipinski definition) is 4. The van der Waals surface area contributed by atoms with Gasteiger partial charge in [-0.1, -0.05) is 6.07 Å². The molecule has 1 aromatic heterocycles. The Morgan fingerprint density at radius 3 is 2.76 bits per heavy atom. The van der Waals surface area contributed by atoms with Gasteiger partial charge in [0.2, 0.25) is 0 Å². The standard InChI is InChI=1S/C14H20N6O/c1-9(13-16-10(2)18-19-13)15-14(21)17-11-6-5-7-12(8-11)20(3)4/h5-9H,1-4H3,(H2,15,17,21)(H,16,18,19)/t9-/m0/s1. The number of amides is 2. The third-order valence-corrected chi connectivity index (χ3v) is 2.97. The zero-order valence-electron chi connectivity index (χ0n) is 12.6. The van der Waals surface area contributed by atoms with Crippen LogP contribution in [0.25, 0.3) is 0 Å². The van der Waals surface area contributed by atoms with Gasteiger partial charge in [-0.3, -0.25) is 5.10 Å². The molecule has 0 aliphatic carbocycles. The summed E-state index contributed by atoms with van der Waals surface area (Å²) in [5.41, 5.74) is 1.75. The van der Waals surface area contributed by atoms with Crippen molar-refractivity contribution in [2.45, 2.75) is 19.9 Å². The first-order valence-electron chi connectivity index (χ1n) is 6.69. The second-order valence-electron chi connectivity index (χ2n) is 5.04. The molecule has 7 nitrogen and oxygen atoms in total. The molecule has 0 unspecified atom stereocenters. The lowest BCUT2D eigenvalue weighted by atomic mass is 10.2. The third kappa shape index (κ3) is 3.95. The van der Waals surface area contributed by atoms with Crippen LogP contribution in [0.15, 0.2) is 24.3 Å². The van der Waals surface area contributed by atoms with Crippen LogP contribution in [0.1, 0.15) is 24.6 Å². The first kappa shape index (κ1) is 14.8. The smallest absolute Gasteiger partial charge is 0.319 e. The van der Waals surface area contributed by atoms with Crippen LogP contribution < -0.4 is 15.5 Å². The number of hydrogen-bond donors (Lipinski definition) is 3. The number of urea groups is 1. The van der Waals surface area contributed by atoms with Crippen molar-refractivity contribution >= 4 is 17.4 Å². The minimum atomic E-state index is -0.291. The number of carbonyl (C=O) groups is 1. The molecule has 1 aromatic carbocycles. The minimum Gasteiger partial charge on any atom is -0.378 e. The zero-order valence-corrected chi connectivity index (χ0v) is 12.6. The summed E-state index contributed by atoms with van der Waals surface area (Å²) in [5, 5.41) is 12.4. The van der Waals surface area contributed by atoms with Gasteiger partial charge in [-0.2, -0.15) is 5.10 Å². The topological polar surface area (TPSA) is 85.9 Å². The minimum absolute atomic E-state index is 0.271. The monoisotopic (exact) mass is 288 g/mol. The quantitative estimate of drug-likeness (QED) is 0.804. The van der Waals surface area contributed by atoms with Crippen LogP contribution >= 0.6 is 0 Å². The maximum Gasteiger partial charge on any atom is 0.319 e. The highest BCUT2D eigenvalue weighted by molar-refractivity contribution is 5.90. The van der Waals surface area contributed by atoms with Gasteiger partial charge < -0.3 is 15.5 Å². The normalized spacial score (nSPS) is 11.8. The molecule has 0 fully saturated rings. The predicted octanol–water partition coefficient (Wildman–Crippen LogP) is 2.06. The molecule has 0 spiro atoms. The molecule has 2 rings (SSSR count). The zero-order chi connectivity index (χ0) is 15.4. The first-order chi connectivity index (χ1) is 9.95. The fraction of sp³-hybridized carbons (Fsp3) is 0.357. The molecule has 0 radical (unpaired) electrons. The number of anilines is 2. The lowest BCUT2D eigenvalue weighted by molar-refractivity contribution is 0.249. The molecule has 2 amide bonds. The number of H-pyrrole nitrogens is 1. The van der Waals surface area contributed by atoms with E-state index in [4.69, 9.17) is 0 Å². The van der Waals surface area contributed by atoms with Crippen molar-refractivity contribution in [1.82, 2.24) is 20.5 Å². The molecule has 0 saturated carbocycles. The van der Waals surface area contributed by atoms with E-state index in [9.17, 15) is 4.79 Å². The van der Waals surface area contributed by atoms with Crippen LogP contribution in [0.4, 0.5) is 16.2 Å². The Hall–Kier alpha value is -2.57. The van der Waals surface area contributed by atoms with E-state index in [2.05, 4.69) is 25.8 Å². The van der Waals surface area contributed by atoms with Gasteiger partial charge in [0.25, 0.3) is 0 Å². The van der Waals surface area contributed by atoms with Gasteiger partial charge in [-0.25, -0.2) is 9.78 Å². The molecule has 1 atom stereocenters. The highest BCUT2D eigenvalue weighted by Crippen LogP contribution is 2.17. The SMILES string of the molecule is Cc1nc([C@H](C)NC(=O)Nc2cccc(N(C)C)c2)n[nH]1. The molecule has 0 aliphatic heterocycles. The second-order valence-corrected chi connectivity index (χ2v) is 5.04. The Kier molecular flexibility index (Phi) is 4.42. The van der Waals surface area contributed by atoms with Crippen LogP contribution in [0.5, 0.6) is 0 Å². The molecule has 0 bridgehead atoms. The fourth-order valence-corrected chi connectivity index (χ4v) is 1.84. The Bertz CT molecular complexity index is 621. The van der Waals surface area contributed by atoms with Gasteiger partial charge >= 0.3 is 6.03 Å². The molecular weight excluding hydrogens is 268 g/mol. The van der Waals surface area contributed by atoms with Gasteiger partial charge in [0.15, 0.2) is 5.82 Å². The van der Waals surface area contributed by atoms with Crippen molar-refractivity contribution in [2.24, 2.45) is 0 Å². The number of benzene rings is 1. The largest absolute Gasteiger partial charge is 0.378 e. The van der Waals surface area contributed by atoms with Gasteiger partial charge in [-0.15, -0.1) is 0 Å². The van der Waals surface area contributed by atoms with E-state index in [0.29, 0.717) is 5.82 Å². The van der Waals surface area contributed by atoms with E-state index >= 15 is 0 Å². The molecule has 0 saturated heterocycles. The summed E-state index contributed by atoms with van der Waals surface area (Å²) < 4.78 is 0. The molecular formula is C14H20N6O. The molecule has 0 aliphatic rings. The molecule has 2 aromatic rings. The van der Waals surface area contributed by atoms with E-state index in [1.54, 1.807) is 0 Å². The van der Waals surface area contributed by atoms with Crippen molar-refractivity contribution in [3.05, 3.63) is 35.9 Å². The second kappa shape index (κ2) is 6.25. The summed E-state index contributed by atoms with van der Waals surface area (Å²) in [7, 11) is 3.90. The Labute approximate surface area is 123 Å². The Morgan fingerprint density at radius 2 is 2.14 bits per heavy atom. The summed E-state index contributed by atoms with van der Waals surface area (Å²) >= 11 is 0. The fourth-order valence-electron chi connectivity index (χ4n) is 1.84. The lowest BCUT2D eigenvalue weighted by Gasteiger charge is -2.15. The molecule has 3 N–H and O–H groups in total. The molecule has 1 heterocycles. The molecule has 7 heteroatoms. The summed E-state index contributed by atoms with van der Waals surface area (Å²) in [4.78, 5) is 18.1. The average molecular weight is 288 g/mol. The van der Waals surface area contributed by atoms with Gasteiger partial charge in [0.1, 0.15) is 5.82 Å². The maximum atomic E-state index is 12.0. The van der Waals surface area contributed by atoms with Crippen molar-refractivity contribution in [3.63, 3.8) is 0 Å². The number of aryl methyl sites for hydroxylation is 1. The van der Waals surface area contributed by atoms with Crippen molar-refractivity contribution in [3.8, 4) is 0 Å². The lowest BCUT2D eigenvalue weighted by Crippen LogP contribution is -2.31. The number of nitrogens with zero attached hydrogens (tertiary/aromatic N) is 3. The van der Waals surface area contributed by atoms with Crippen molar-refractivity contribution < 1.29 is 4.79 Å². The molecule has 21 heavy (non-hydrogen) atoms. The van der Waals surface area contributed by atoms with Gasteiger partial charge in [-0.05, 0) is 32.0 Å². The van der Waals surface area contributed by atoms with Crippen LogP contribution in [-0.2, 0) is 0 Å². The summed E-state index contributed by atoms with van der Waals surface area (Å²) in [6.07, 6.45) is 0. The number of aromatic nitrogens is 3. The number of nitrogens with one attached hydrogen (secondary N) is 3. The van der Waals surface area contributed by atoms with Crippen molar-refractivity contribution in [1.29, 1.82) is 0 Å². The van der Waals surface area contributed by atoms with E-state index in [1.165, 1.54) is 0 Å². The van der Waals surface area contributed by atoms with E-state index in [0.717, 1.165) is 17.2 Å². The third-order valence-electron chi connectivity index (χ3n) is 2.97. The Morgan fingerprint density at radius 1 is 1.38 bits per heavy atom. The van der Waals surface area contributed by atoms with Crippen LogP contribution in [0.2, 0.25) is 0 Å². The van der Waals surface area contributed by atoms with Gasteiger partial charge in [0, 0.05) is 25.5 Å². The predicted molar refractivity (Wildman–Crippen MR) is 82.5 cm³/mol. The number of aromatic amines is 1. The maximum absolute atomic E-state index is 12.0. The van der Waals surface area contributed by atoms with Crippen LogP contribution in [0.3, 0.4) is 0 Å². The number of rotatable bonds is 4. The van der Waals surface area contributed by atoms with Crippen molar-refractivity contribution in [2.75, 3.05) is 24.3 Å². The average Bonchev–Trinajstić information content (AvgIpc) is 2.85. The van der Waals surface area contributed by atoms with Crippen LogP contribution in [-0.4, -0.2) is 35.3 Å². The summed E-state index contributed by atoms with van der Waals surface area (Å²) in [5.74, 6) is 1.28. The van der Waals surface area contributed by atoms with E-state index in [1.807, 2.05) is 57.1 Å². The first-order valence-corrected chi connectivity index (χ1v) is 6.69. The summed E-state index contributed by atoms with van der Waals surface area (Å²) in [6, 6.07) is 7.05. The van der Waals surface area contributed by atoms with E-state index in [-0.39, 0.29) is 12.1 Å². The number of carbonyl (C=O) groups excluding carboxylic acids is 1. The Balaban J connectivity index is 1.97. The van der Waals surface area contributed by atoms with Gasteiger partial charge in [0.05, 0.1) is 6.04 Å². The highest BCUT2D eigenvalue weighted by atomic mass is 16.2. The van der Waals surface area contributed by atoms with Crippen LogP contribution in [0, 0.1) is 6.92 Å². The van der Waals surface area contributed by atoms with E-state index < -0.39 is 0 Å². The summed E-state index contributed by atoms with van der Waals surface area (Å²) in [6.45, 7) is 3.65. The highest BCUT2D eigenvalue weighted by Gasteiger charge is 2.13. The molecule has 112 valence electrons.